The predicted molar refractivity (Wildman–Crippen MR) is 227 cm³/mol. The maximum absolute atomic E-state index is 11.2. The van der Waals surface area contributed by atoms with E-state index < -0.39 is 65.7 Å². The van der Waals surface area contributed by atoms with Crippen molar-refractivity contribution in [3.05, 3.63) is 125 Å². The summed E-state index contributed by atoms with van der Waals surface area (Å²) < 4.78 is 5.43. The van der Waals surface area contributed by atoms with Gasteiger partial charge in [-0.15, -0.1) is 0 Å². The Bertz CT molecular complexity index is 2240. The molecule has 0 saturated heterocycles. The molecule has 11 N–H and O–H groups in total. The lowest BCUT2D eigenvalue weighted by atomic mass is 10.1. The summed E-state index contributed by atoms with van der Waals surface area (Å²) in [6.07, 6.45) is -0.250. The number of hydrogen-bond acceptors (Lipinski definition) is 13. The molecule has 364 valence electrons. The van der Waals surface area contributed by atoms with E-state index in [-0.39, 0.29) is 26.9 Å². The Hall–Kier alpha value is -10.1. The summed E-state index contributed by atoms with van der Waals surface area (Å²) in [7, 11) is 0. The van der Waals surface area contributed by atoms with E-state index in [1.807, 2.05) is 84.9 Å². The van der Waals surface area contributed by atoms with Crippen LogP contribution < -0.4 is 0 Å². The fourth-order valence-corrected chi connectivity index (χ4v) is 4.50. The number of rotatable bonds is 1. The van der Waals surface area contributed by atoms with E-state index in [2.05, 4.69) is 16.9 Å². The fraction of sp³-hybridized carbons (Fsp3) is 0.119. The highest BCUT2D eigenvalue weighted by atomic mass is 16.5. The van der Waals surface area contributed by atoms with Gasteiger partial charge in [-0.3, -0.25) is 9.59 Å². The van der Waals surface area contributed by atoms with Gasteiger partial charge in [0.1, 0.15) is 0 Å². The number of nitrogens with zero attached hydrogens (tertiary/aromatic N) is 2. The van der Waals surface area contributed by atoms with Crippen LogP contribution >= 0.6 is 0 Å². The Morgan fingerprint density at radius 3 is 0.765 bits per heavy atom. The smallest absolute Gasteiger partial charge is 0.414 e. The standard InChI is InChI=1S/C15H12O2.C13H8N2.5C2H2O4.C2H4O2.2CH4/c1-10(16)17-15-13-8-4-2-6-11(13)12-7-3-5-9-14(12)15;14-15-13-11-7-3-1-5-9(11)10-6-2-4-8-12(10)13;5*3-1(4)2(5)6;1-2(3)4;;/h2-9,15H,1H3;1-8H;5*(H,3,4)(H,5,6);1H3,(H,3,4);2*1H4. The first-order valence-corrected chi connectivity index (χ1v) is 16.9. The van der Waals surface area contributed by atoms with Gasteiger partial charge in [-0.25, -0.2) is 47.9 Å². The minimum Gasteiger partial charge on any atom is -0.481 e. The van der Waals surface area contributed by atoms with Crippen molar-refractivity contribution in [1.82, 2.24) is 0 Å². The Balaban J connectivity index is -0.000000366. The summed E-state index contributed by atoms with van der Waals surface area (Å²) in [4.78, 5) is 115. The van der Waals surface area contributed by atoms with E-state index in [1.54, 1.807) is 0 Å². The summed E-state index contributed by atoms with van der Waals surface area (Å²) in [5.74, 6) is -19.3. The molecule has 0 aromatic heterocycles. The van der Waals surface area contributed by atoms with Crippen LogP contribution in [-0.4, -0.2) is 138 Å². The van der Waals surface area contributed by atoms with Crippen molar-refractivity contribution >= 4 is 77.3 Å². The average Bonchev–Trinajstić information content (AvgIpc) is 3.73. The number of carbonyl (C=O) groups is 12. The Labute approximate surface area is 382 Å². The van der Waals surface area contributed by atoms with Gasteiger partial charge in [0.25, 0.3) is 5.97 Å². The van der Waals surface area contributed by atoms with Crippen LogP contribution in [0.25, 0.3) is 27.8 Å². The molecule has 6 rings (SSSR count). The first-order valence-electron chi connectivity index (χ1n) is 16.9. The Morgan fingerprint density at radius 2 is 0.574 bits per heavy atom. The maximum Gasteiger partial charge on any atom is 0.414 e. The minimum absolute atomic E-state index is 0. The monoisotopic (exact) mass is 958 g/mol. The van der Waals surface area contributed by atoms with Crippen LogP contribution in [0, 0.1) is 0 Å². The molecular weight excluding hydrogens is 916 g/mol. The second-order valence-corrected chi connectivity index (χ2v) is 11.3. The Kier molecular flexibility index (Phi) is 30.9. The minimum atomic E-state index is -1.82. The lowest BCUT2D eigenvalue weighted by molar-refractivity contribution is -0.159. The molecule has 26 heteroatoms. The van der Waals surface area contributed by atoms with E-state index in [4.69, 9.17) is 119 Å². The van der Waals surface area contributed by atoms with Gasteiger partial charge in [-0.05, 0) is 34.4 Å². The quantitative estimate of drug-likeness (QED) is 0.0497. The van der Waals surface area contributed by atoms with Crippen LogP contribution in [0.3, 0.4) is 0 Å². The molecule has 26 nitrogen and oxygen atoms in total. The predicted octanol–water partition coefficient (Wildman–Crippen LogP) is 3.19. The highest BCUT2D eigenvalue weighted by Crippen LogP contribution is 2.45. The van der Waals surface area contributed by atoms with E-state index in [1.165, 1.54) is 6.92 Å². The van der Waals surface area contributed by atoms with Crippen molar-refractivity contribution in [2.45, 2.75) is 34.8 Å². The lowest BCUT2D eigenvalue weighted by Crippen LogP contribution is -2.09. The molecule has 0 saturated carbocycles. The van der Waals surface area contributed by atoms with E-state index in [0.29, 0.717) is 5.71 Å². The van der Waals surface area contributed by atoms with Crippen LogP contribution in [0.5, 0.6) is 0 Å². The van der Waals surface area contributed by atoms with Gasteiger partial charge in [0.2, 0.25) is 0 Å². The molecule has 0 unspecified atom stereocenters. The van der Waals surface area contributed by atoms with E-state index in [0.717, 1.165) is 51.4 Å². The highest BCUT2D eigenvalue weighted by Gasteiger charge is 2.31. The molecule has 2 aliphatic rings. The third-order valence-corrected chi connectivity index (χ3v) is 6.73. The van der Waals surface area contributed by atoms with Crippen LogP contribution in [0.2, 0.25) is 0 Å². The molecule has 0 atom stereocenters. The van der Waals surface area contributed by atoms with Crippen LogP contribution in [-0.2, 0) is 62.3 Å². The molecule has 0 amide bonds. The molecule has 4 aromatic carbocycles. The summed E-state index contributed by atoms with van der Waals surface area (Å²) >= 11 is 0. The third kappa shape index (κ3) is 23.9. The second kappa shape index (κ2) is 32.6. The zero-order chi connectivity index (χ0) is 51.4. The maximum atomic E-state index is 11.2. The van der Waals surface area contributed by atoms with Gasteiger partial charge < -0.3 is 66.4 Å². The van der Waals surface area contributed by atoms with E-state index >= 15 is 0 Å². The molecule has 0 spiro atoms. The van der Waals surface area contributed by atoms with Gasteiger partial charge in [0.05, 0.1) is 11.1 Å². The van der Waals surface area contributed by atoms with Gasteiger partial charge >= 0.3 is 71.4 Å². The van der Waals surface area contributed by atoms with Crippen LogP contribution in [0.15, 0.2) is 97.1 Å². The van der Waals surface area contributed by atoms with Crippen LogP contribution in [0.4, 0.5) is 0 Å². The Morgan fingerprint density at radius 1 is 0.382 bits per heavy atom. The average molecular weight is 959 g/mol. The van der Waals surface area contributed by atoms with Crippen molar-refractivity contribution in [1.29, 1.82) is 0 Å². The molecule has 4 aromatic rings. The van der Waals surface area contributed by atoms with Crippen molar-refractivity contribution in [3.8, 4) is 22.3 Å². The SMILES string of the molecule is C.C.CC(=O)O.CC(=O)OC1c2ccccc2-c2ccccc21.O=C(O)C(=O)O.O=C(O)C(=O)O.O=C(O)C(=O)O.O=C(O)C(=O)O.O=C(O)C(=O)O.[N-]=[N+]=C1c2ccccc2-c2ccccc21. The van der Waals surface area contributed by atoms with Crippen molar-refractivity contribution in [3.63, 3.8) is 0 Å². The first-order chi connectivity index (χ1) is 30.6. The number of esters is 1. The van der Waals surface area contributed by atoms with Crippen molar-refractivity contribution < 1.29 is 123 Å². The summed E-state index contributed by atoms with van der Waals surface area (Å²) in [5.41, 5.74) is 18.5. The summed E-state index contributed by atoms with van der Waals surface area (Å²) in [6, 6.07) is 32.1. The molecular formula is C42H42N2O24. The van der Waals surface area contributed by atoms with Gasteiger partial charge in [0.15, 0.2) is 6.10 Å². The normalized spacial score (nSPS) is 9.47. The molecule has 0 radical (unpaired) electrons. The lowest BCUT2D eigenvalue weighted by Gasteiger charge is -2.13. The topological polar surface area (TPSA) is 473 Å². The molecule has 0 bridgehead atoms. The number of fused-ring (bicyclic) bond motifs is 6. The zero-order valence-corrected chi connectivity index (χ0v) is 33.4. The second-order valence-electron chi connectivity index (χ2n) is 11.3. The fourth-order valence-electron chi connectivity index (χ4n) is 4.50. The molecule has 2 aliphatic carbocycles. The number of benzene rings is 4. The first kappa shape index (κ1) is 64.5. The number of ether oxygens (including phenoxy) is 1. The summed E-state index contributed by atoms with van der Waals surface area (Å²) in [5, 5.41) is 81.3. The molecule has 68 heavy (non-hydrogen) atoms. The third-order valence-electron chi connectivity index (χ3n) is 6.73. The molecule has 0 heterocycles. The molecule has 0 aliphatic heterocycles. The number of hydrogen-bond donors (Lipinski definition) is 11. The van der Waals surface area contributed by atoms with Gasteiger partial charge in [0, 0.05) is 25.0 Å². The van der Waals surface area contributed by atoms with Crippen molar-refractivity contribution in [2.75, 3.05) is 0 Å². The van der Waals surface area contributed by atoms with Crippen LogP contribution in [0.1, 0.15) is 57.1 Å². The number of carboxylic acids is 11. The van der Waals surface area contributed by atoms with E-state index in [9.17, 15) is 4.79 Å². The number of carbonyl (C=O) groups excluding carboxylic acids is 1. The summed E-state index contributed by atoms with van der Waals surface area (Å²) in [6.45, 7) is 2.53. The zero-order valence-electron chi connectivity index (χ0n) is 33.4. The highest BCUT2D eigenvalue weighted by molar-refractivity contribution is 6.29. The molecule has 0 fully saturated rings. The van der Waals surface area contributed by atoms with Gasteiger partial charge in [-0.2, -0.15) is 4.79 Å². The van der Waals surface area contributed by atoms with Crippen molar-refractivity contribution in [2.24, 2.45) is 0 Å². The number of aliphatic carboxylic acids is 11. The van der Waals surface area contributed by atoms with Gasteiger partial charge in [-0.1, -0.05) is 99.8 Å². The largest absolute Gasteiger partial charge is 0.481 e. The number of carboxylic acid groups (broad SMARTS) is 11.